The van der Waals surface area contributed by atoms with Gasteiger partial charge in [0.05, 0.1) is 5.69 Å². The number of aromatic nitrogens is 2. The highest BCUT2D eigenvalue weighted by Crippen LogP contribution is 2.24. The molecule has 0 atom stereocenters. The second kappa shape index (κ2) is 4.34. The second-order valence-corrected chi connectivity index (χ2v) is 5.52. The SMILES string of the molecule is Cc1cc(NS(=O)(=O)c2ccccc2O)n(C)n1. The average Bonchev–Trinajstić information content (AvgIpc) is 2.57. The number of nitrogens with zero attached hydrogens (tertiary/aromatic N) is 2. The van der Waals surface area contributed by atoms with E-state index in [1.807, 2.05) is 0 Å². The fourth-order valence-corrected chi connectivity index (χ4v) is 2.76. The molecule has 0 aliphatic carbocycles. The van der Waals surface area contributed by atoms with E-state index in [1.165, 1.54) is 16.8 Å². The van der Waals surface area contributed by atoms with Gasteiger partial charge in [-0.1, -0.05) is 12.1 Å². The Morgan fingerprint density at radius 1 is 1.33 bits per heavy atom. The van der Waals surface area contributed by atoms with Crippen LogP contribution < -0.4 is 4.72 Å². The van der Waals surface area contributed by atoms with Crippen molar-refractivity contribution in [2.24, 2.45) is 7.05 Å². The van der Waals surface area contributed by atoms with E-state index in [2.05, 4.69) is 9.82 Å². The number of phenols is 1. The van der Waals surface area contributed by atoms with Crippen molar-refractivity contribution in [2.45, 2.75) is 11.8 Å². The third-order valence-corrected chi connectivity index (χ3v) is 3.80. The molecule has 2 rings (SSSR count). The maximum Gasteiger partial charge on any atom is 0.266 e. The van der Waals surface area contributed by atoms with Crippen molar-refractivity contribution in [2.75, 3.05) is 4.72 Å². The lowest BCUT2D eigenvalue weighted by Crippen LogP contribution is -2.15. The van der Waals surface area contributed by atoms with Crippen molar-refractivity contribution in [3.8, 4) is 5.75 Å². The van der Waals surface area contributed by atoms with Crippen LogP contribution in [0.1, 0.15) is 5.69 Å². The Labute approximate surface area is 105 Å². The zero-order valence-electron chi connectivity index (χ0n) is 9.95. The van der Waals surface area contributed by atoms with Gasteiger partial charge in [-0.2, -0.15) is 5.10 Å². The number of rotatable bonds is 3. The summed E-state index contributed by atoms with van der Waals surface area (Å²) in [6.07, 6.45) is 0. The summed E-state index contributed by atoms with van der Waals surface area (Å²) in [6.45, 7) is 1.76. The highest BCUT2D eigenvalue weighted by atomic mass is 32.2. The van der Waals surface area contributed by atoms with E-state index in [1.54, 1.807) is 32.2 Å². The van der Waals surface area contributed by atoms with Crippen LogP contribution in [0.5, 0.6) is 5.75 Å². The summed E-state index contributed by atoms with van der Waals surface area (Å²) >= 11 is 0. The molecule has 0 fully saturated rings. The fraction of sp³-hybridized carbons (Fsp3) is 0.182. The first-order chi connectivity index (χ1) is 8.40. The van der Waals surface area contributed by atoms with Crippen LogP contribution in [0.2, 0.25) is 0 Å². The lowest BCUT2D eigenvalue weighted by atomic mass is 10.3. The summed E-state index contributed by atoms with van der Waals surface area (Å²) in [7, 11) is -2.18. The molecule has 0 saturated heterocycles. The highest BCUT2D eigenvalue weighted by molar-refractivity contribution is 7.92. The van der Waals surface area contributed by atoms with E-state index >= 15 is 0 Å². The van der Waals surface area contributed by atoms with Crippen LogP contribution in [-0.2, 0) is 17.1 Å². The summed E-state index contributed by atoms with van der Waals surface area (Å²) in [4.78, 5) is -0.163. The summed E-state index contributed by atoms with van der Waals surface area (Å²) in [5.74, 6) is 0.0552. The maximum atomic E-state index is 12.1. The Morgan fingerprint density at radius 3 is 2.56 bits per heavy atom. The molecule has 7 heteroatoms. The molecule has 2 N–H and O–H groups in total. The molecule has 0 bridgehead atoms. The number of para-hydroxylation sites is 1. The van der Waals surface area contributed by atoms with Crippen LogP contribution in [0, 0.1) is 6.92 Å². The van der Waals surface area contributed by atoms with Gasteiger partial charge >= 0.3 is 0 Å². The largest absolute Gasteiger partial charge is 0.507 e. The normalized spacial score (nSPS) is 11.4. The number of hydrogen-bond acceptors (Lipinski definition) is 4. The van der Waals surface area contributed by atoms with E-state index in [9.17, 15) is 13.5 Å². The molecular weight excluding hydrogens is 254 g/mol. The Bertz CT molecular complexity index is 677. The molecule has 0 spiro atoms. The standard InChI is InChI=1S/C11H13N3O3S/c1-8-7-11(14(2)12-8)13-18(16,17)10-6-4-3-5-9(10)15/h3-7,13,15H,1-2H3. The number of nitrogens with one attached hydrogen (secondary N) is 1. The van der Waals surface area contributed by atoms with Gasteiger partial charge in [0.15, 0.2) is 0 Å². The minimum atomic E-state index is -3.81. The zero-order valence-corrected chi connectivity index (χ0v) is 10.8. The van der Waals surface area contributed by atoms with Crippen molar-refractivity contribution in [3.05, 3.63) is 36.0 Å². The third kappa shape index (κ3) is 2.30. The summed E-state index contributed by atoms with van der Waals surface area (Å²) in [5, 5.41) is 13.6. The number of hydrogen-bond donors (Lipinski definition) is 2. The Balaban J connectivity index is 2.39. The first-order valence-electron chi connectivity index (χ1n) is 5.21. The third-order valence-electron chi connectivity index (χ3n) is 2.40. The topological polar surface area (TPSA) is 84.2 Å². The maximum absolute atomic E-state index is 12.1. The molecule has 0 unspecified atom stereocenters. The second-order valence-electron chi connectivity index (χ2n) is 3.87. The number of aryl methyl sites for hydroxylation is 2. The van der Waals surface area contributed by atoms with Crippen LogP contribution in [0.4, 0.5) is 5.82 Å². The van der Waals surface area contributed by atoms with Crippen LogP contribution in [-0.4, -0.2) is 23.3 Å². The van der Waals surface area contributed by atoms with Crippen molar-refractivity contribution in [1.29, 1.82) is 0 Å². The van der Waals surface area contributed by atoms with E-state index in [-0.39, 0.29) is 10.6 Å². The Morgan fingerprint density at radius 2 is 2.00 bits per heavy atom. The number of benzene rings is 1. The molecule has 18 heavy (non-hydrogen) atoms. The van der Waals surface area contributed by atoms with Gasteiger partial charge in [0.1, 0.15) is 16.5 Å². The van der Waals surface area contributed by atoms with E-state index in [4.69, 9.17) is 0 Å². The lowest BCUT2D eigenvalue weighted by Gasteiger charge is -2.08. The van der Waals surface area contributed by atoms with Gasteiger partial charge in [-0.15, -0.1) is 0 Å². The van der Waals surface area contributed by atoms with Gasteiger partial charge in [0.2, 0.25) is 0 Å². The van der Waals surface area contributed by atoms with Gasteiger partial charge in [-0.3, -0.25) is 9.40 Å². The van der Waals surface area contributed by atoms with Crippen molar-refractivity contribution >= 4 is 15.8 Å². The predicted octanol–water partition coefficient (Wildman–Crippen LogP) is 1.23. The first kappa shape index (κ1) is 12.4. The van der Waals surface area contributed by atoms with Crippen molar-refractivity contribution in [1.82, 2.24) is 9.78 Å². The molecule has 0 saturated carbocycles. The van der Waals surface area contributed by atoms with Crippen LogP contribution in [0.25, 0.3) is 0 Å². The van der Waals surface area contributed by atoms with Gasteiger partial charge in [-0.05, 0) is 19.1 Å². The molecule has 1 aromatic heterocycles. The van der Waals surface area contributed by atoms with Crippen molar-refractivity contribution < 1.29 is 13.5 Å². The van der Waals surface area contributed by atoms with Gasteiger partial charge < -0.3 is 5.11 Å². The van der Waals surface area contributed by atoms with Crippen molar-refractivity contribution in [3.63, 3.8) is 0 Å². The van der Waals surface area contributed by atoms with E-state index in [0.717, 1.165) is 0 Å². The molecule has 0 radical (unpaired) electrons. The molecule has 1 aromatic carbocycles. The number of phenolic OH excluding ortho intramolecular Hbond substituents is 1. The number of sulfonamides is 1. The predicted molar refractivity (Wildman–Crippen MR) is 66.9 cm³/mol. The van der Waals surface area contributed by atoms with Crippen LogP contribution in [0.15, 0.2) is 35.2 Å². The minimum absolute atomic E-state index is 0.163. The Kier molecular flexibility index (Phi) is 3.00. The smallest absolute Gasteiger partial charge is 0.266 e. The molecule has 0 amide bonds. The van der Waals surface area contributed by atoms with E-state index < -0.39 is 10.0 Å². The lowest BCUT2D eigenvalue weighted by molar-refractivity contribution is 0.459. The number of aromatic hydroxyl groups is 1. The summed E-state index contributed by atoms with van der Waals surface area (Å²) in [5.41, 5.74) is 0.701. The quantitative estimate of drug-likeness (QED) is 0.876. The molecular formula is C11H13N3O3S. The van der Waals surface area contributed by atoms with Gasteiger partial charge in [0, 0.05) is 13.1 Å². The average molecular weight is 267 g/mol. The fourth-order valence-electron chi connectivity index (χ4n) is 1.58. The van der Waals surface area contributed by atoms with Gasteiger partial charge in [-0.25, -0.2) is 8.42 Å². The molecule has 1 heterocycles. The molecule has 2 aromatic rings. The van der Waals surface area contributed by atoms with Crippen LogP contribution >= 0.6 is 0 Å². The summed E-state index contributed by atoms with van der Waals surface area (Å²) < 4.78 is 27.9. The first-order valence-corrected chi connectivity index (χ1v) is 6.70. The van der Waals surface area contributed by atoms with Gasteiger partial charge in [0.25, 0.3) is 10.0 Å². The molecule has 0 aliphatic heterocycles. The van der Waals surface area contributed by atoms with E-state index in [0.29, 0.717) is 11.5 Å². The monoisotopic (exact) mass is 267 g/mol. The molecule has 96 valence electrons. The minimum Gasteiger partial charge on any atom is -0.507 e. The molecule has 0 aliphatic rings. The zero-order chi connectivity index (χ0) is 13.3. The molecule has 6 nitrogen and oxygen atoms in total. The van der Waals surface area contributed by atoms with Crippen LogP contribution in [0.3, 0.4) is 0 Å². The summed E-state index contributed by atoms with van der Waals surface area (Å²) in [6, 6.07) is 7.37. The highest BCUT2D eigenvalue weighted by Gasteiger charge is 2.19. The number of anilines is 1. The Hall–Kier alpha value is -2.02.